The van der Waals surface area contributed by atoms with Gasteiger partial charge in [0.2, 0.25) is 5.75 Å². The normalized spacial score (nSPS) is 15.4. The van der Waals surface area contributed by atoms with Crippen LogP contribution in [0.3, 0.4) is 0 Å². The molecule has 182 valence electrons. The molecule has 1 aromatic heterocycles. The van der Waals surface area contributed by atoms with Crippen molar-refractivity contribution in [2.45, 2.75) is 13.0 Å². The lowest BCUT2D eigenvalue weighted by Crippen LogP contribution is -2.40. The molecule has 0 amide bonds. The maximum absolute atomic E-state index is 14.9. The second-order valence-electron chi connectivity index (χ2n) is 7.55. The van der Waals surface area contributed by atoms with Gasteiger partial charge >= 0.3 is 5.97 Å². The van der Waals surface area contributed by atoms with E-state index in [-0.39, 0.29) is 11.1 Å². The summed E-state index contributed by atoms with van der Waals surface area (Å²) >= 11 is 1.13. The fourth-order valence-electron chi connectivity index (χ4n) is 4.02. The van der Waals surface area contributed by atoms with E-state index in [1.165, 1.54) is 45.1 Å². The smallest absolute Gasteiger partial charge is 0.338 e. The third kappa shape index (κ3) is 4.21. The van der Waals surface area contributed by atoms with Gasteiger partial charge in [0.25, 0.3) is 5.56 Å². The summed E-state index contributed by atoms with van der Waals surface area (Å²) in [5.74, 6) is 0.0515. The van der Waals surface area contributed by atoms with E-state index in [2.05, 4.69) is 4.99 Å². The van der Waals surface area contributed by atoms with Crippen molar-refractivity contribution in [3.05, 3.63) is 84.3 Å². The molecule has 0 aliphatic carbocycles. The predicted molar refractivity (Wildman–Crippen MR) is 128 cm³/mol. The van der Waals surface area contributed by atoms with Crippen LogP contribution < -0.4 is 29.1 Å². The summed E-state index contributed by atoms with van der Waals surface area (Å²) in [4.78, 5) is 31.1. The molecule has 1 unspecified atom stereocenters. The Morgan fingerprint density at radius 3 is 2.31 bits per heavy atom. The van der Waals surface area contributed by atoms with Crippen LogP contribution in [0.4, 0.5) is 4.39 Å². The lowest BCUT2D eigenvalue weighted by Gasteiger charge is -2.24. The lowest BCUT2D eigenvalue weighted by molar-refractivity contribution is -0.136. The van der Waals surface area contributed by atoms with Crippen molar-refractivity contribution >= 4 is 23.4 Å². The zero-order valence-electron chi connectivity index (χ0n) is 19.7. The van der Waals surface area contributed by atoms with Crippen molar-refractivity contribution in [2.75, 3.05) is 28.4 Å². The number of ether oxygens (including phenoxy) is 4. The zero-order valence-corrected chi connectivity index (χ0v) is 20.6. The van der Waals surface area contributed by atoms with Gasteiger partial charge in [0, 0.05) is 5.56 Å². The van der Waals surface area contributed by atoms with Gasteiger partial charge in [-0.3, -0.25) is 9.36 Å². The molecule has 2 heterocycles. The van der Waals surface area contributed by atoms with Gasteiger partial charge in [0.15, 0.2) is 16.3 Å². The Kier molecular flexibility index (Phi) is 6.74. The Labute approximate surface area is 204 Å². The maximum Gasteiger partial charge on any atom is 0.338 e. The molecule has 0 spiro atoms. The van der Waals surface area contributed by atoms with E-state index < -0.39 is 23.4 Å². The van der Waals surface area contributed by atoms with E-state index in [0.717, 1.165) is 11.3 Å². The number of rotatable bonds is 6. The minimum atomic E-state index is -1.03. The van der Waals surface area contributed by atoms with Gasteiger partial charge in [0.1, 0.15) is 11.9 Å². The summed E-state index contributed by atoms with van der Waals surface area (Å²) in [5.41, 5.74) is 0.818. The summed E-state index contributed by atoms with van der Waals surface area (Å²) in [6.45, 7) is 1.64. The molecule has 4 rings (SSSR count). The van der Waals surface area contributed by atoms with Crippen molar-refractivity contribution < 1.29 is 28.1 Å². The largest absolute Gasteiger partial charge is 0.493 e. The van der Waals surface area contributed by atoms with Crippen molar-refractivity contribution in [3.63, 3.8) is 0 Å². The summed E-state index contributed by atoms with van der Waals surface area (Å²) in [5, 5.41) is 0. The van der Waals surface area contributed by atoms with Crippen molar-refractivity contribution in [1.29, 1.82) is 0 Å². The molecule has 1 aliphatic rings. The fraction of sp³-hybridized carbons (Fsp3) is 0.240. The Hall–Kier alpha value is -3.92. The molecule has 1 aliphatic heterocycles. The third-order valence-electron chi connectivity index (χ3n) is 5.61. The van der Waals surface area contributed by atoms with E-state index in [1.807, 2.05) is 0 Å². The Balaban J connectivity index is 1.98. The Bertz CT molecular complexity index is 1500. The van der Waals surface area contributed by atoms with Crippen LogP contribution >= 0.6 is 11.3 Å². The van der Waals surface area contributed by atoms with Gasteiger partial charge in [-0.15, -0.1) is 0 Å². The van der Waals surface area contributed by atoms with Gasteiger partial charge in [-0.1, -0.05) is 29.5 Å². The molecule has 0 bridgehead atoms. The average molecular weight is 499 g/mol. The SMILES string of the molecule is COC(=O)C1=C(C)N=c2sc(=Cc3cc(OC)c(OC)c(OC)c3)c(=O)n2C1c1ccccc1F. The topological polar surface area (TPSA) is 88.4 Å². The molecule has 0 N–H and O–H groups in total. The van der Waals surface area contributed by atoms with E-state index in [4.69, 9.17) is 18.9 Å². The van der Waals surface area contributed by atoms with Crippen LogP contribution in [0, 0.1) is 5.82 Å². The van der Waals surface area contributed by atoms with Crippen LogP contribution in [0.15, 0.2) is 57.5 Å². The van der Waals surface area contributed by atoms with E-state index in [9.17, 15) is 14.0 Å². The summed E-state index contributed by atoms with van der Waals surface area (Å²) in [6.07, 6.45) is 1.66. The fourth-order valence-corrected chi connectivity index (χ4v) is 5.07. The number of thiazole rings is 1. The van der Waals surface area contributed by atoms with Gasteiger partial charge in [-0.25, -0.2) is 14.2 Å². The van der Waals surface area contributed by atoms with E-state index in [1.54, 1.807) is 37.3 Å². The summed E-state index contributed by atoms with van der Waals surface area (Å²) in [7, 11) is 5.74. The van der Waals surface area contributed by atoms with Gasteiger partial charge in [-0.05, 0) is 36.8 Å². The number of methoxy groups -OCH3 is 4. The third-order valence-corrected chi connectivity index (χ3v) is 6.59. The molecule has 1 atom stereocenters. The van der Waals surface area contributed by atoms with E-state index >= 15 is 0 Å². The second kappa shape index (κ2) is 9.75. The molecule has 3 aromatic rings. The minimum Gasteiger partial charge on any atom is -0.493 e. The molecular weight excluding hydrogens is 475 g/mol. The van der Waals surface area contributed by atoms with Crippen molar-refractivity contribution in [3.8, 4) is 17.2 Å². The molecule has 10 heteroatoms. The molecule has 0 saturated heterocycles. The lowest BCUT2D eigenvalue weighted by atomic mass is 9.95. The molecule has 0 radical (unpaired) electrons. The van der Waals surface area contributed by atoms with Crippen LogP contribution in [-0.2, 0) is 9.53 Å². The van der Waals surface area contributed by atoms with Crippen LogP contribution in [-0.4, -0.2) is 39.0 Å². The summed E-state index contributed by atoms with van der Waals surface area (Å²) < 4.78 is 37.7. The number of nitrogens with zero attached hydrogens (tertiary/aromatic N) is 2. The first-order valence-corrected chi connectivity index (χ1v) is 11.3. The van der Waals surface area contributed by atoms with Crippen LogP contribution in [0.25, 0.3) is 6.08 Å². The standard InChI is InChI=1S/C25H23FN2O6S/c1-13-20(24(30)34-5)21(15-8-6-7-9-16(15)26)28-23(29)19(35-25(28)27-13)12-14-10-17(31-2)22(33-4)18(11-14)32-3/h6-12,21H,1-5H3. The van der Waals surface area contributed by atoms with Crippen molar-refractivity contribution in [1.82, 2.24) is 4.57 Å². The quantitative estimate of drug-likeness (QED) is 0.486. The van der Waals surface area contributed by atoms with Crippen molar-refractivity contribution in [2.24, 2.45) is 4.99 Å². The van der Waals surface area contributed by atoms with Gasteiger partial charge < -0.3 is 18.9 Å². The highest BCUT2D eigenvalue weighted by molar-refractivity contribution is 7.07. The number of allylic oxidation sites excluding steroid dienone is 1. The molecule has 0 saturated carbocycles. The highest BCUT2D eigenvalue weighted by Gasteiger charge is 2.34. The maximum atomic E-state index is 14.9. The van der Waals surface area contributed by atoms with E-state index in [0.29, 0.717) is 37.8 Å². The number of hydrogen-bond donors (Lipinski definition) is 0. The number of esters is 1. The number of aromatic nitrogens is 1. The molecular formula is C25H23FN2O6S. The molecule has 2 aromatic carbocycles. The number of carbonyl (C=O) groups excluding carboxylic acids is 1. The van der Waals surface area contributed by atoms with Crippen LogP contribution in [0.2, 0.25) is 0 Å². The number of carbonyl (C=O) groups is 1. The Morgan fingerprint density at radius 1 is 1.09 bits per heavy atom. The predicted octanol–water partition coefficient (Wildman–Crippen LogP) is 2.57. The molecule has 8 nitrogen and oxygen atoms in total. The van der Waals surface area contributed by atoms with Crippen LogP contribution in [0.5, 0.6) is 17.2 Å². The first-order chi connectivity index (χ1) is 16.8. The molecule has 35 heavy (non-hydrogen) atoms. The van der Waals surface area contributed by atoms with Crippen LogP contribution in [0.1, 0.15) is 24.1 Å². The summed E-state index contributed by atoms with van der Waals surface area (Å²) in [6, 6.07) is 8.40. The van der Waals surface area contributed by atoms with Gasteiger partial charge in [0.05, 0.1) is 44.2 Å². The number of hydrogen-bond acceptors (Lipinski definition) is 8. The first-order valence-electron chi connectivity index (χ1n) is 10.5. The second-order valence-corrected chi connectivity index (χ2v) is 8.56. The number of halogens is 1. The highest BCUT2D eigenvalue weighted by Crippen LogP contribution is 2.38. The van der Waals surface area contributed by atoms with Gasteiger partial charge in [-0.2, -0.15) is 0 Å². The molecule has 0 fully saturated rings. The highest BCUT2D eigenvalue weighted by atomic mass is 32.1. The zero-order chi connectivity index (χ0) is 25.3. The monoisotopic (exact) mass is 498 g/mol. The minimum absolute atomic E-state index is 0.101. The Morgan fingerprint density at radius 2 is 1.74 bits per heavy atom. The number of fused-ring (bicyclic) bond motifs is 1. The first kappa shape index (κ1) is 24.2. The average Bonchev–Trinajstić information content (AvgIpc) is 3.16. The number of benzene rings is 2.